The lowest BCUT2D eigenvalue weighted by Gasteiger charge is -2.04. The van der Waals surface area contributed by atoms with Gasteiger partial charge in [0.15, 0.2) is 5.78 Å². The molecule has 0 N–H and O–H groups in total. The topological polar surface area (TPSA) is 82.9 Å². The van der Waals surface area contributed by atoms with Gasteiger partial charge in [0.2, 0.25) is 5.78 Å². The second-order valence-electron chi connectivity index (χ2n) is 3.96. The second kappa shape index (κ2) is 7.25. The average Bonchev–Trinajstić information content (AvgIpc) is 2.43. The molecule has 0 spiro atoms. The number of nitrogens with zero attached hydrogens (tertiary/aromatic N) is 3. The first-order chi connectivity index (χ1) is 9.84. The third kappa shape index (κ3) is 5.50. The van der Waals surface area contributed by atoms with Gasteiger partial charge in [-0.3, -0.25) is 9.59 Å². The van der Waals surface area contributed by atoms with Gasteiger partial charge < -0.3 is 0 Å². The zero-order valence-electron chi connectivity index (χ0n) is 10.7. The van der Waals surface area contributed by atoms with Crippen LogP contribution in [0.25, 0.3) is 16.5 Å². The first-order valence-corrected chi connectivity index (χ1v) is 5.75. The van der Waals surface area contributed by atoms with Gasteiger partial charge in [0.25, 0.3) is 0 Å². The van der Waals surface area contributed by atoms with E-state index in [4.69, 9.17) is 5.53 Å². The van der Waals surface area contributed by atoms with E-state index in [1.165, 1.54) is 24.3 Å². The number of hydrogen-bond acceptors (Lipinski definition) is 3. The van der Waals surface area contributed by atoms with Gasteiger partial charge >= 0.3 is 6.18 Å². The lowest BCUT2D eigenvalue weighted by Crippen LogP contribution is -2.25. The molecule has 0 saturated heterocycles. The van der Waals surface area contributed by atoms with Crippen LogP contribution in [0, 0.1) is 0 Å². The molecule has 0 atom stereocenters. The zero-order valence-corrected chi connectivity index (χ0v) is 10.7. The van der Waals surface area contributed by atoms with Crippen molar-refractivity contribution >= 4 is 17.6 Å². The van der Waals surface area contributed by atoms with Crippen LogP contribution in [0.1, 0.15) is 22.3 Å². The Bertz CT molecular complexity index is 600. The fourth-order valence-electron chi connectivity index (χ4n) is 1.40. The van der Waals surface area contributed by atoms with Crippen LogP contribution in [0.3, 0.4) is 0 Å². The molecule has 0 fully saturated rings. The van der Waals surface area contributed by atoms with Crippen molar-refractivity contribution in [3.8, 4) is 0 Å². The third-order valence-corrected chi connectivity index (χ3v) is 2.43. The number of halogens is 3. The van der Waals surface area contributed by atoms with Gasteiger partial charge in [-0.2, -0.15) is 13.2 Å². The van der Waals surface area contributed by atoms with Gasteiger partial charge in [0.1, 0.15) is 0 Å². The quantitative estimate of drug-likeness (QED) is 0.263. The van der Waals surface area contributed by atoms with E-state index in [9.17, 15) is 22.8 Å². The standard InChI is InChI=1S/C13H10F3N3O2/c14-13(15,16)12(21)8-11(20)10-5-3-9(4-6-10)2-1-7-18-19-17/h1-6H,7-8H2. The van der Waals surface area contributed by atoms with Crippen molar-refractivity contribution in [2.24, 2.45) is 5.11 Å². The molecule has 0 heterocycles. The summed E-state index contributed by atoms with van der Waals surface area (Å²) in [5, 5.41) is 3.28. The van der Waals surface area contributed by atoms with Gasteiger partial charge in [-0.05, 0) is 11.1 Å². The van der Waals surface area contributed by atoms with Gasteiger partial charge in [0.05, 0.1) is 6.42 Å². The summed E-state index contributed by atoms with van der Waals surface area (Å²) in [5.41, 5.74) is 8.78. The summed E-state index contributed by atoms with van der Waals surface area (Å²) in [6.07, 6.45) is -2.98. The number of ketones is 2. The van der Waals surface area contributed by atoms with E-state index in [0.29, 0.717) is 5.56 Å². The first kappa shape index (κ1) is 16.5. The monoisotopic (exact) mass is 297 g/mol. The Hall–Kier alpha value is -2.60. The summed E-state index contributed by atoms with van der Waals surface area (Å²) in [4.78, 5) is 24.8. The number of carbonyl (C=O) groups excluding carboxylic acids is 2. The molecular formula is C13H10F3N3O2. The highest BCUT2D eigenvalue weighted by Crippen LogP contribution is 2.19. The van der Waals surface area contributed by atoms with E-state index >= 15 is 0 Å². The molecule has 0 aliphatic rings. The molecule has 0 aliphatic heterocycles. The predicted molar refractivity (Wildman–Crippen MR) is 69.5 cm³/mol. The second-order valence-corrected chi connectivity index (χ2v) is 3.96. The van der Waals surface area contributed by atoms with Gasteiger partial charge in [0, 0.05) is 17.0 Å². The van der Waals surface area contributed by atoms with Gasteiger partial charge in [-0.1, -0.05) is 41.5 Å². The van der Waals surface area contributed by atoms with E-state index in [-0.39, 0.29) is 12.1 Å². The summed E-state index contributed by atoms with van der Waals surface area (Å²) >= 11 is 0. The fourth-order valence-corrected chi connectivity index (χ4v) is 1.40. The molecule has 0 radical (unpaired) electrons. The fraction of sp³-hybridized carbons (Fsp3) is 0.231. The van der Waals surface area contributed by atoms with E-state index < -0.39 is 24.2 Å². The number of carbonyl (C=O) groups is 2. The van der Waals surface area contributed by atoms with Gasteiger partial charge in [-0.15, -0.1) is 0 Å². The predicted octanol–water partition coefficient (Wildman–Crippen LogP) is 3.71. The van der Waals surface area contributed by atoms with Crippen LogP contribution in [0.2, 0.25) is 0 Å². The molecular weight excluding hydrogens is 287 g/mol. The molecule has 0 saturated carbocycles. The molecule has 0 amide bonds. The van der Waals surface area contributed by atoms with E-state index in [1.54, 1.807) is 12.2 Å². The Labute approximate surface area is 117 Å². The maximum Gasteiger partial charge on any atom is 0.450 e. The molecule has 1 rings (SSSR count). The molecule has 5 nitrogen and oxygen atoms in total. The van der Waals surface area contributed by atoms with Crippen LogP contribution in [0.4, 0.5) is 13.2 Å². The minimum absolute atomic E-state index is 0.0276. The van der Waals surface area contributed by atoms with Gasteiger partial charge in [-0.25, -0.2) is 0 Å². The highest BCUT2D eigenvalue weighted by atomic mass is 19.4. The number of azide groups is 1. The molecule has 0 aromatic heterocycles. The van der Waals surface area contributed by atoms with Crippen LogP contribution in [-0.4, -0.2) is 24.3 Å². The van der Waals surface area contributed by atoms with Crippen LogP contribution in [-0.2, 0) is 4.79 Å². The van der Waals surface area contributed by atoms with E-state index in [0.717, 1.165) is 0 Å². The average molecular weight is 297 g/mol. The van der Waals surface area contributed by atoms with Crippen molar-refractivity contribution in [3.05, 3.63) is 51.9 Å². The first-order valence-electron chi connectivity index (χ1n) is 5.75. The molecule has 21 heavy (non-hydrogen) atoms. The minimum Gasteiger partial charge on any atom is -0.294 e. The maximum absolute atomic E-state index is 12.0. The lowest BCUT2D eigenvalue weighted by atomic mass is 10.0. The Morgan fingerprint density at radius 1 is 1.24 bits per heavy atom. The summed E-state index contributed by atoms with van der Waals surface area (Å²) < 4.78 is 36.1. The van der Waals surface area contributed by atoms with Crippen LogP contribution in [0.15, 0.2) is 35.5 Å². The Morgan fingerprint density at radius 2 is 1.86 bits per heavy atom. The van der Waals surface area contributed by atoms with E-state index in [1.807, 2.05) is 0 Å². The molecule has 110 valence electrons. The SMILES string of the molecule is [N-]=[N+]=NCC=Cc1ccc(C(=O)CC(=O)C(F)(F)F)cc1. The smallest absolute Gasteiger partial charge is 0.294 e. The summed E-state index contributed by atoms with van der Waals surface area (Å²) in [6.45, 7) is 0.164. The highest BCUT2D eigenvalue weighted by Gasteiger charge is 2.39. The third-order valence-electron chi connectivity index (χ3n) is 2.43. The van der Waals surface area contributed by atoms with Crippen molar-refractivity contribution in [2.75, 3.05) is 6.54 Å². The maximum atomic E-state index is 12.0. The molecule has 0 bridgehead atoms. The van der Waals surface area contributed by atoms with Crippen LogP contribution < -0.4 is 0 Å². The van der Waals surface area contributed by atoms with Crippen molar-refractivity contribution in [3.63, 3.8) is 0 Å². The lowest BCUT2D eigenvalue weighted by molar-refractivity contribution is -0.170. The molecule has 0 unspecified atom stereocenters. The number of hydrogen-bond donors (Lipinski definition) is 0. The number of alkyl halides is 3. The minimum atomic E-state index is -5.00. The molecule has 1 aromatic carbocycles. The number of rotatable bonds is 6. The van der Waals surface area contributed by atoms with Crippen LogP contribution in [0.5, 0.6) is 0 Å². The van der Waals surface area contributed by atoms with E-state index in [2.05, 4.69) is 10.0 Å². The Kier molecular flexibility index (Phi) is 5.68. The van der Waals surface area contributed by atoms with Crippen molar-refractivity contribution in [2.45, 2.75) is 12.6 Å². The number of benzene rings is 1. The molecule has 1 aromatic rings. The normalized spacial score (nSPS) is 11.2. The van der Waals surface area contributed by atoms with Crippen molar-refractivity contribution in [1.82, 2.24) is 0 Å². The van der Waals surface area contributed by atoms with Crippen molar-refractivity contribution < 1.29 is 22.8 Å². The Balaban J connectivity index is 2.69. The molecule has 8 heteroatoms. The summed E-state index contributed by atoms with van der Waals surface area (Å²) in [6, 6.07) is 5.69. The summed E-state index contributed by atoms with van der Waals surface area (Å²) in [7, 11) is 0. The highest BCUT2D eigenvalue weighted by molar-refractivity contribution is 6.09. The summed E-state index contributed by atoms with van der Waals surface area (Å²) in [5.74, 6) is -2.95. The van der Waals surface area contributed by atoms with Crippen LogP contribution >= 0.6 is 0 Å². The van der Waals surface area contributed by atoms with Crippen molar-refractivity contribution in [1.29, 1.82) is 0 Å². The number of Topliss-reactive ketones (excluding diaryl/α,β-unsaturated/α-hetero) is 2. The largest absolute Gasteiger partial charge is 0.450 e. The molecule has 0 aliphatic carbocycles. The Morgan fingerprint density at radius 3 is 2.38 bits per heavy atom. The zero-order chi connectivity index (χ0) is 15.9.